The molecule has 1 aliphatic heterocycles. The number of ether oxygens (including phenoxy) is 1. The molecule has 0 bridgehead atoms. The zero-order valence-electron chi connectivity index (χ0n) is 23.3. The fourth-order valence-electron chi connectivity index (χ4n) is 4.91. The minimum atomic E-state index is -2.05. The van der Waals surface area contributed by atoms with Crippen LogP contribution in [0.2, 0.25) is 0 Å². The molecule has 1 aliphatic rings. The number of benzene rings is 2. The van der Waals surface area contributed by atoms with Gasteiger partial charge < -0.3 is 10.1 Å². The fraction of sp³-hybridized carbons (Fsp3) is 0.258. The quantitative estimate of drug-likeness (QED) is 0.210. The molecule has 3 N–H and O–H groups in total. The van der Waals surface area contributed by atoms with Crippen LogP contribution in [0.5, 0.6) is 11.6 Å². The number of para-hydroxylation sites is 1. The van der Waals surface area contributed by atoms with Gasteiger partial charge in [0.05, 0.1) is 11.9 Å². The maximum Gasteiger partial charge on any atom is 0.326 e. The van der Waals surface area contributed by atoms with Crippen molar-refractivity contribution in [3.8, 4) is 11.6 Å². The lowest BCUT2D eigenvalue weighted by Gasteiger charge is -2.38. The maximum absolute atomic E-state index is 13.4. The molecule has 4 aromatic rings. The third kappa shape index (κ3) is 8.20. The summed E-state index contributed by atoms with van der Waals surface area (Å²) in [6, 6.07) is 24.6. The van der Waals surface area contributed by atoms with E-state index in [0.717, 1.165) is 55.0 Å². The van der Waals surface area contributed by atoms with E-state index in [4.69, 9.17) is 9.29 Å². The summed E-state index contributed by atoms with van der Waals surface area (Å²) in [6.45, 7) is 4.69. The van der Waals surface area contributed by atoms with Crippen molar-refractivity contribution in [1.82, 2.24) is 19.6 Å². The first kappa shape index (κ1) is 29.3. The number of aryl methyl sites for hydroxylation is 1. The van der Waals surface area contributed by atoms with Gasteiger partial charge in [-0.2, -0.15) is 0 Å². The van der Waals surface area contributed by atoms with Crippen molar-refractivity contribution in [2.75, 3.05) is 23.3 Å². The van der Waals surface area contributed by atoms with Gasteiger partial charge in [-0.3, -0.25) is 19.3 Å². The highest BCUT2D eigenvalue weighted by Gasteiger charge is 2.29. The summed E-state index contributed by atoms with van der Waals surface area (Å²) < 4.78 is 27.9. The Balaban J connectivity index is 1.15. The number of urea groups is 1. The van der Waals surface area contributed by atoms with Crippen molar-refractivity contribution in [3.63, 3.8) is 0 Å². The van der Waals surface area contributed by atoms with Crippen molar-refractivity contribution >= 4 is 28.7 Å². The molecule has 218 valence electrons. The van der Waals surface area contributed by atoms with Crippen LogP contribution in [0.4, 0.5) is 16.2 Å². The van der Waals surface area contributed by atoms with E-state index in [1.807, 2.05) is 84.8 Å². The number of rotatable bonds is 10. The van der Waals surface area contributed by atoms with Gasteiger partial charge in [0.25, 0.3) is 0 Å². The number of carbonyl (C=O) groups excluding carboxylic acids is 1. The Hall–Kier alpha value is -4.16. The normalized spacial score (nSPS) is 14.7. The molecule has 10 nitrogen and oxygen atoms in total. The molecule has 11 heteroatoms. The molecule has 5 rings (SSSR count). The molecule has 0 aliphatic carbocycles. The van der Waals surface area contributed by atoms with Crippen LogP contribution in [0.1, 0.15) is 29.7 Å². The maximum atomic E-state index is 13.4. The SMILES string of the molecule is Cc1ccc(NC(=O)N(c2ccccc2)C2CCN(Cc3ccc(Oc4ccc(CNS(=O)O)cc4)nc3)CC2)cn1. The summed E-state index contributed by atoms with van der Waals surface area (Å²) in [6.07, 6.45) is 5.21. The number of anilines is 2. The van der Waals surface area contributed by atoms with Gasteiger partial charge >= 0.3 is 6.03 Å². The highest BCUT2D eigenvalue weighted by molar-refractivity contribution is 7.77. The van der Waals surface area contributed by atoms with Crippen molar-refractivity contribution in [1.29, 1.82) is 0 Å². The number of aromatic nitrogens is 2. The molecule has 42 heavy (non-hydrogen) atoms. The summed E-state index contributed by atoms with van der Waals surface area (Å²) in [5, 5.41) is 3.02. The number of hydrogen-bond donors (Lipinski definition) is 3. The van der Waals surface area contributed by atoms with Gasteiger partial charge in [-0.05, 0) is 67.3 Å². The number of hydrogen-bond acceptors (Lipinski definition) is 6. The van der Waals surface area contributed by atoms with Crippen molar-refractivity contribution in [2.24, 2.45) is 0 Å². The topological polar surface area (TPSA) is 120 Å². The monoisotopic (exact) mass is 586 g/mol. The van der Waals surface area contributed by atoms with Crippen molar-refractivity contribution < 1.29 is 18.3 Å². The zero-order valence-corrected chi connectivity index (χ0v) is 24.2. The summed E-state index contributed by atoms with van der Waals surface area (Å²) in [5.74, 6) is 1.13. The number of pyridine rings is 2. The van der Waals surface area contributed by atoms with Crippen LogP contribution in [0.25, 0.3) is 0 Å². The first-order valence-electron chi connectivity index (χ1n) is 13.8. The van der Waals surface area contributed by atoms with Gasteiger partial charge in [0.1, 0.15) is 5.75 Å². The molecule has 0 spiro atoms. The van der Waals surface area contributed by atoms with E-state index in [-0.39, 0.29) is 18.6 Å². The zero-order chi connectivity index (χ0) is 29.3. The van der Waals surface area contributed by atoms with Gasteiger partial charge in [-0.25, -0.2) is 18.7 Å². The summed E-state index contributed by atoms with van der Waals surface area (Å²) in [4.78, 5) is 26.5. The minimum absolute atomic E-state index is 0.0731. The van der Waals surface area contributed by atoms with E-state index in [1.165, 1.54) is 0 Å². The van der Waals surface area contributed by atoms with E-state index in [9.17, 15) is 9.00 Å². The molecule has 1 unspecified atom stereocenters. The van der Waals surface area contributed by atoms with Crippen molar-refractivity contribution in [2.45, 2.75) is 38.9 Å². The number of piperidine rings is 1. The Kier molecular flexibility index (Phi) is 9.88. The summed E-state index contributed by atoms with van der Waals surface area (Å²) in [5.41, 5.74) is 4.41. The third-order valence-corrected chi connectivity index (χ3v) is 7.48. The van der Waals surface area contributed by atoms with E-state index in [0.29, 0.717) is 17.3 Å². The molecule has 1 atom stereocenters. The third-order valence-electron chi connectivity index (χ3n) is 7.09. The van der Waals surface area contributed by atoms with Crippen LogP contribution in [-0.2, 0) is 24.4 Å². The second kappa shape index (κ2) is 14.1. The largest absolute Gasteiger partial charge is 0.439 e. The summed E-state index contributed by atoms with van der Waals surface area (Å²) >= 11 is -2.05. The van der Waals surface area contributed by atoms with Crippen LogP contribution in [0.15, 0.2) is 91.3 Å². The highest BCUT2D eigenvalue weighted by atomic mass is 32.2. The molecular formula is C31H34N6O4S. The van der Waals surface area contributed by atoms with Crippen molar-refractivity contribution in [3.05, 3.63) is 108 Å². The average molecular weight is 587 g/mol. The van der Waals surface area contributed by atoms with E-state index < -0.39 is 11.3 Å². The molecule has 0 saturated carbocycles. The van der Waals surface area contributed by atoms with Crippen LogP contribution >= 0.6 is 0 Å². The number of amides is 2. The second-order valence-electron chi connectivity index (χ2n) is 10.2. The lowest BCUT2D eigenvalue weighted by atomic mass is 10.0. The van der Waals surface area contributed by atoms with E-state index >= 15 is 0 Å². The average Bonchev–Trinajstić information content (AvgIpc) is 3.00. The molecular weight excluding hydrogens is 552 g/mol. The molecule has 3 heterocycles. The number of likely N-dealkylation sites (tertiary alicyclic amines) is 1. The lowest BCUT2D eigenvalue weighted by molar-refractivity contribution is 0.199. The van der Waals surface area contributed by atoms with Gasteiger partial charge in [0.15, 0.2) is 0 Å². The van der Waals surface area contributed by atoms with Crippen LogP contribution in [0, 0.1) is 6.92 Å². The Labute approximate surface area is 248 Å². The standard InChI is InChI=1S/C31H34N6O4S/c1-23-7-11-26(21-32-23)35-31(38)37(27-5-3-2-4-6-27)28-15-17-36(18-16-28)22-25-10-14-30(33-19-25)41-29-12-8-24(9-13-29)20-34-42(39)40/h2-14,19,21,28,34H,15-18,20,22H2,1H3,(H,35,38)(H,39,40). The van der Waals surface area contributed by atoms with Crippen LogP contribution < -0.4 is 19.7 Å². The van der Waals surface area contributed by atoms with Gasteiger partial charge in [0.2, 0.25) is 17.1 Å². The smallest absolute Gasteiger partial charge is 0.326 e. The summed E-state index contributed by atoms with van der Waals surface area (Å²) in [7, 11) is 0. The first-order valence-corrected chi connectivity index (χ1v) is 14.9. The second-order valence-corrected chi connectivity index (χ2v) is 10.9. The van der Waals surface area contributed by atoms with Gasteiger partial charge in [-0.15, -0.1) is 0 Å². The highest BCUT2D eigenvalue weighted by Crippen LogP contribution is 2.26. The minimum Gasteiger partial charge on any atom is -0.439 e. The fourth-order valence-corrected chi connectivity index (χ4v) is 5.20. The van der Waals surface area contributed by atoms with Crippen LogP contribution in [0.3, 0.4) is 0 Å². The number of carbonyl (C=O) groups is 1. The first-order chi connectivity index (χ1) is 20.4. The number of nitrogens with one attached hydrogen (secondary N) is 2. The van der Waals surface area contributed by atoms with Crippen LogP contribution in [-0.4, -0.2) is 48.8 Å². The Morgan fingerprint density at radius 1 is 0.976 bits per heavy atom. The Morgan fingerprint density at radius 3 is 2.36 bits per heavy atom. The molecule has 2 aromatic carbocycles. The van der Waals surface area contributed by atoms with E-state index in [1.54, 1.807) is 18.3 Å². The Morgan fingerprint density at radius 2 is 1.71 bits per heavy atom. The molecule has 0 radical (unpaired) electrons. The van der Waals surface area contributed by atoms with E-state index in [2.05, 4.69) is 24.9 Å². The van der Waals surface area contributed by atoms with Gasteiger partial charge in [0, 0.05) is 55.9 Å². The molecule has 1 saturated heterocycles. The molecule has 1 fully saturated rings. The predicted octanol–water partition coefficient (Wildman–Crippen LogP) is 5.51. The van der Waals surface area contributed by atoms with Gasteiger partial charge in [-0.1, -0.05) is 36.4 Å². The molecule has 2 amide bonds. The lowest BCUT2D eigenvalue weighted by Crippen LogP contribution is -2.49. The number of nitrogens with zero attached hydrogens (tertiary/aromatic N) is 4. The predicted molar refractivity (Wildman–Crippen MR) is 164 cm³/mol. The molecule has 2 aromatic heterocycles. The Bertz CT molecular complexity index is 1460.